The van der Waals surface area contributed by atoms with E-state index in [1.165, 1.54) is 0 Å². The molecule has 3 heteroatoms. The van der Waals surface area contributed by atoms with Crippen molar-refractivity contribution in [3.8, 4) is 0 Å². The number of aliphatic hydroxyl groups is 1. The van der Waals surface area contributed by atoms with Crippen molar-refractivity contribution in [3.63, 3.8) is 0 Å². The number of aliphatic hydroxyl groups excluding tert-OH is 1. The number of hydrogen-bond donors (Lipinski definition) is 2. The van der Waals surface area contributed by atoms with E-state index in [-0.39, 0.29) is 6.10 Å². The van der Waals surface area contributed by atoms with E-state index in [0.29, 0.717) is 18.6 Å². The van der Waals surface area contributed by atoms with Crippen LogP contribution < -0.4 is 5.32 Å². The molecule has 3 nitrogen and oxygen atoms in total. The molecule has 0 radical (unpaired) electrons. The van der Waals surface area contributed by atoms with Gasteiger partial charge in [0.2, 0.25) is 0 Å². The molecule has 80 valence electrons. The number of hydrogen-bond acceptors (Lipinski definition) is 3. The minimum absolute atomic E-state index is 0.269. The fourth-order valence-electron chi connectivity index (χ4n) is 0.980. The predicted molar refractivity (Wildman–Crippen MR) is 56.9 cm³/mol. The molecule has 2 N–H and O–H groups in total. The molecular formula is C10H24N2O. The van der Waals surface area contributed by atoms with Crippen LogP contribution in [0.5, 0.6) is 0 Å². The monoisotopic (exact) mass is 188 g/mol. The second kappa shape index (κ2) is 6.35. The lowest BCUT2D eigenvalue weighted by Gasteiger charge is -2.24. The lowest BCUT2D eigenvalue weighted by molar-refractivity contribution is 0.109. The Bertz CT molecular complexity index is 126. The molecule has 0 saturated heterocycles. The highest BCUT2D eigenvalue weighted by atomic mass is 16.3. The van der Waals surface area contributed by atoms with Gasteiger partial charge in [-0.3, -0.25) is 0 Å². The highest BCUT2D eigenvalue weighted by molar-refractivity contribution is 4.67. The summed E-state index contributed by atoms with van der Waals surface area (Å²) in [6.45, 7) is 9.83. The molecule has 0 rings (SSSR count). The number of nitrogens with one attached hydrogen (secondary N) is 1. The minimum Gasteiger partial charge on any atom is -0.390 e. The molecule has 0 aliphatic carbocycles. The van der Waals surface area contributed by atoms with Crippen molar-refractivity contribution in [2.24, 2.45) is 0 Å². The molecule has 0 aromatic carbocycles. The second-order valence-electron chi connectivity index (χ2n) is 4.25. The topological polar surface area (TPSA) is 35.5 Å². The third-order valence-corrected chi connectivity index (χ3v) is 2.14. The predicted octanol–water partition coefficient (Wildman–Crippen LogP) is 0.685. The normalized spacial score (nSPS) is 14.5. The standard InChI is InChI=1S/C10H24N2O/c1-8(2)11-6-10(13)7-12(5)9(3)4/h8-11,13H,6-7H2,1-5H3. The van der Waals surface area contributed by atoms with Crippen molar-refractivity contribution in [2.75, 3.05) is 20.1 Å². The molecule has 1 atom stereocenters. The molecule has 0 aliphatic rings. The van der Waals surface area contributed by atoms with Gasteiger partial charge in [-0.1, -0.05) is 13.8 Å². The fraction of sp³-hybridized carbons (Fsp3) is 1.00. The van der Waals surface area contributed by atoms with Gasteiger partial charge in [-0.05, 0) is 20.9 Å². The first kappa shape index (κ1) is 12.9. The van der Waals surface area contributed by atoms with Crippen molar-refractivity contribution in [1.82, 2.24) is 10.2 Å². The Morgan fingerprint density at radius 2 is 1.77 bits per heavy atom. The molecule has 0 bridgehead atoms. The Morgan fingerprint density at radius 3 is 2.15 bits per heavy atom. The quantitative estimate of drug-likeness (QED) is 0.643. The highest BCUT2D eigenvalue weighted by Gasteiger charge is 2.10. The molecule has 0 spiro atoms. The molecule has 0 aliphatic heterocycles. The van der Waals surface area contributed by atoms with Crippen LogP contribution in [-0.4, -0.2) is 48.3 Å². The van der Waals surface area contributed by atoms with Crippen molar-refractivity contribution in [3.05, 3.63) is 0 Å². The van der Waals surface area contributed by atoms with E-state index in [1.54, 1.807) is 0 Å². The van der Waals surface area contributed by atoms with Crippen LogP contribution in [0, 0.1) is 0 Å². The Balaban J connectivity index is 3.55. The number of nitrogens with zero attached hydrogens (tertiary/aromatic N) is 1. The summed E-state index contributed by atoms with van der Waals surface area (Å²) < 4.78 is 0. The Morgan fingerprint density at radius 1 is 1.23 bits per heavy atom. The molecule has 13 heavy (non-hydrogen) atoms. The van der Waals surface area contributed by atoms with E-state index in [9.17, 15) is 5.11 Å². The molecule has 0 saturated carbocycles. The minimum atomic E-state index is -0.269. The van der Waals surface area contributed by atoms with E-state index in [0.717, 1.165) is 6.54 Å². The zero-order chi connectivity index (χ0) is 10.4. The average molecular weight is 188 g/mol. The van der Waals surface area contributed by atoms with Gasteiger partial charge in [0.1, 0.15) is 0 Å². The van der Waals surface area contributed by atoms with Crippen LogP contribution in [0.15, 0.2) is 0 Å². The molecule has 0 amide bonds. The van der Waals surface area contributed by atoms with Crippen LogP contribution in [0.25, 0.3) is 0 Å². The molecule has 0 heterocycles. The van der Waals surface area contributed by atoms with Gasteiger partial charge >= 0.3 is 0 Å². The van der Waals surface area contributed by atoms with Gasteiger partial charge in [-0.15, -0.1) is 0 Å². The molecule has 0 aromatic heterocycles. The van der Waals surface area contributed by atoms with E-state index < -0.39 is 0 Å². The van der Waals surface area contributed by atoms with E-state index in [1.807, 2.05) is 7.05 Å². The number of rotatable bonds is 6. The van der Waals surface area contributed by atoms with Crippen LogP contribution in [-0.2, 0) is 0 Å². The summed E-state index contributed by atoms with van der Waals surface area (Å²) in [5.41, 5.74) is 0. The Kier molecular flexibility index (Phi) is 6.29. The summed E-state index contributed by atoms with van der Waals surface area (Å²) in [6.07, 6.45) is -0.269. The van der Waals surface area contributed by atoms with Crippen LogP contribution in [0.3, 0.4) is 0 Å². The van der Waals surface area contributed by atoms with Gasteiger partial charge in [0.15, 0.2) is 0 Å². The Hall–Kier alpha value is -0.120. The molecule has 1 unspecified atom stereocenters. The van der Waals surface area contributed by atoms with Crippen molar-refractivity contribution in [2.45, 2.75) is 45.9 Å². The van der Waals surface area contributed by atoms with Crippen LogP contribution in [0.1, 0.15) is 27.7 Å². The third-order valence-electron chi connectivity index (χ3n) is 2.14. The van der Waals surface area contributed by atoms with Gasteiger partial charge in [-0.25, -0.2) is 0 Å². The zero-order valence-corrected chi connectivity index (χ0v) is 9.54. The first-order valence-electron chi connectivity index (χ1n) is 5.05. The molecular weight excluding hydrogens is 164 g/mol. The first-order valence-corrected chi connectivity index (χ1v) is 5.05. The second-order valence-corrected chi connectivity index (χ2v) is 4.25. The Labute approximate surface area is 82.1 Å². The smallest absolute Gasteiger partial charge is 0.0791 e. The van der Waals surface area contributed by atoms with Crippen molar-refractivity contribution < 1.29 is 5.11 Å². The van der Waals surface area contributed by atoms with Crippen LogP contribution >= 0.6 is 0 Å². The van der Waals surface area contributed by atoms with Gasteiger partial charge in [0, 0.05) is 25.2 Å². The van der Waals surface area contributed by atoms with Gasteiger partial charge in [0.25, 0.3) is 0 Å². The van der Waals surface area contributed by atoms with Gasteiger partial charge in [0.05, 0.1) is 6.10 Å². The maximum Gasteiger partial charge on any atom is 0.0791 e. The van der Waals surface area contributed by atoms with Crippen LogP contribution in [0.4, 0.5) is 0 Å². The maximum atomic E-state index is 9.61. The van der Waals surface area contributed by atoms with Gasteiger partial charge in [-0.2, -0.15) is 0 Å². The lowest BCUT2D eigenvalue weighted by atomic mass is 10.2. The van der Waals surface area contributed by atoms with E-state index >= 15 is 0 Å². The zero-order valence-electron chi connectivity index (χ0n) is 9.54. The average Bonchev–Trinajstić information content (AvgIpc) is 2.00. The maximum absolute atomic E-state index is 9.61. The summed E-state index contributed by atoms with van der Waals surface area (Å²) in [5.74, 6) is 0. The SMILES string of the molecule is CC(C)NCC(O)CN(C)C(C)C. The third kappa shape index (κ3) is 6.99. The number of likely N-dealkylation sites (N-methyl/N-ethyl adjacent to an activating group) is 1. The molecule has 0 fully saturated rings. The first-order chi connectivity index (χ1) is 5.93. The largest absolute Gasteiger partial charge is 0.390 e. The fourth-order valence-corrected chi connectivity index (χ4v) is 0.980. The van der Waals surface area contributed by atoms with Crippen LogP contribution in [0.2, 0.25) is 0 Å². The summed E-state index contributed by atoms with van der Waals surface area (Å²) >= 11 is 0. The highest BCUT2D eigenvalue weighted by Crippen LogP contribution is 1.95. The van der Waals surface area contributed by atoms with Gasteiger partial charge < -0.3 is 15.3 Å². The van der Waals surface area contributed by atoms with E-state index in [4.69, 9.17) is 0 Å². The molecule has 0 aromatic rings. The summed E-state index contributed by atoms with van der Waals surface area (Å²) in [7, 11) is 2.03. The summed E-state index contributed by atoms with van der Waals surface area (Å²) in [6, 6.07) is 0.938. The lowest BCUT2D eigenvalue weighted by Crippen LogP contribution is -2.40. The van der Waals surface area contributed by atoms with E-state index in [2.05, 4.69) is 37.9 Å². The summed E-state index contributed by atoms with van der Waals surface area (Å²) in [4.78, 5) is 2.15. The van der Waals surface area contributed by atoms with Crippen molar-refractivity contribution >= 4 is 0 Å². The van der Waals surface area contributed by atoms with Crippen molar-refractivity contribution in [1.29, 1.82) is 0 Å². The summed E-state index contributed by atoms with van der Waals surface area (Å²) in [5, 5.41) is 12.8.